The number of carbonyl (C=O) groups excluding carboxylic acids is 2. The lowest BCUT2D eigenvalue weighted by Gasteiger charge is -2.31. The minimum Gasteiger partial charge on any atom is -0.494 e. The standard InChI is InChI=1S/C29H25ClF8N2O4/c1-5-40(26(42)18-9-6-7-11-20(18)30)21-12-8-10-19(24(21)43-4)25(41)39-23-15(2)13-17(14-22(23)44-16(3)31)27(32,28(33,34)35)29(36,37)38/h6-14,16H,5H2,1-4H3,(H,39,41). The van der Waals surface area contributed by atoms with Crippen LogP contribution in [0.3, 0.4) is 0 Å². The van der Waals surface area contributed by atoms with Gasteiger partial charge in [-0.25, -0.2) is 8.78 Å². The van der Waals surface area contributed by atoms with Crippen LogP contribution in [0.1, 0.15) is 45.7 Å². The second-order valence-corrected chi connectivity index (χ2v) is 9.73. The Bertz CT molecular complexity index is 1530. The first-order chi connectivity index (χ1) is 20.4. The van der Waals surface area contributed by atoms with E-state index in [0.717, 1.165) is 13.8 Å². The van der Waals surface area contributed by atoms with Crippen LogP contribution in [0, 0.1) is 6.92 Å². The zero-order chi connectivity index (χ0) is 33.2. The van der Waals surface area contributed by atoms with E-state index in [2.05, 4.69) is 5.32 Å². The Balaban J connectivity index is 2.12. The molecule has 0 fully saturated rings. The number of benzene rings is 3. The normalized spacial score (nSPS) is 12.8. The molecule has 0 aliphatic carbocycles. The van der Waals surface area contributed by atoms with E-state index in [-0.39, 0.29) is 46.3 Å². The Hall–Kier alpha value is -4.07. The van der Waals surface area contributed by atoms with E-state index in [0.29, 0.717) is 0 Å². The molecule has 1 unspecified atom stereocenters. The molecule has 0 saturated heterocycles. The van der Waals surface area contributed by atoms with Crippen molar-refractivity contribution in [1.29, 1.82) is 0 Å². The van der Waals surface area contributed by atoms with Crippen molar-refractivity contribution >= 4 is 34.8 Å². The zero-order valence-corrected chi connectivity index (χ0v) is 24.2. The third-order valence-electron chi connectivity index (χ3n) is 6.41. The first kappa shape index (κ1) is 34.4. The molecule has 6 nitrogen and oxygen atoms in total. The average molecular weight is 653 g/mol. The van der Waals surface area contributed by atoms with Crippen LogP contribution in [0.2, 0.25) is 5.02 Å². The maximum Gasteiger partial charge on any atom is 0.435 e. The van der Waals surface area contributed by atoms with E-state index in [1.807, 2.05) is 0 Å². The second-order valence-electron chi connectivity index (χ2n) is 9.32. The Labute approximate surface area is 251 Å². The monoisotopic (exact) mass is 652 g/mol. The molecule has 0 aromatic heterocycles. The van der Waals surface area contributed by atoms with E-state index >= 15 is 0 Å². The van der Waals surface area contributed by atoms with Crippen molar-refractivity contribution in [1.82, 2.24) is 0 Å². The van der Waals surface area contributed by atoms with Gasteiger partial charge in [0.25, 0.3) is 11.8 Å². The van der Waals surface area contributed by atoms with E-state index in [4.69, 9.17) is 21.1 Å². The number of para-hydroxylation sites is 1. The van der Waals surface area contributed by atoms with Crippen LogP contribution in [0.25, 0.3) is 0 Å². The topological polar surface area (TPSA) is 67.9 Å². The molecule has 15 heteroatoms. The molecule has 0 spiro atoms. The van der Waals surface area contributed by atoms with Gasteiger partial charge in [-0.05, 0) is 55.8 Å². The molecule has 1 atom stereocenters. The van der Waals surface area contributed by atoms with E-state index in [9.17, 15) is 44.7 Å². The van der Waals surface area contributed by atoms with Crippen molar-refractivity contribution in [2.45, 2.75) is 45.2 Å². The predicted octanol–water partition coefficient (Wildman–Crippen LogP) is 8.56. The summed E-state index contributed by atoms with van der Waals surface area (Å²) in [6, 6.07) is 10.6. The number of nitrogens with zero attached hydrogens (tertiary/aromatic N) is 1. The molecule has 3 aromatic carbocycles. The van der Waals surface area contributed by atoms with Crippen LogP contribution in [0.4, 0.5) is 46.5 Å². The number of ether oxygens (including phenoxy) is 2. The highest BCUT2D eigenvalue weighted by molar-refractivity contribution is 6.34. The summed E-state index contributed by atoms with van der Waals surface area (Å²) in [5.41, 5.74) is -8.79. The minimum absolute atomic E-state index is 0.0222. The molecule has 0 aliphatic heterocycles. The summed E-state index contributed by atoms with van der Waals surface area (Å²) in [5.74, 6) is -2.72. The summed E-state index contributed by atoms with van der Waals surface area (Å²) < 4.78 is 119. The highest BCUT2D eigenvalue weighted by Gasteiger charge is 2.73. The number of hydrogen-bond acceptors (Lipinski definition) is 4. The molecule has 44 heavy (non-hydrogen) atoms. The van der Waals surface area contributed by atoms with Crippen molar-refractivity contribution in [3.63, 3.8) is 0 Å². The average Bonchev–Trinajstić information content (AvgIpc) is 2.93. The Morgan fingerprint density at radius 1 is 0.955 bits per heavy atom. The summed E-state index contributed by atoms with van der Waals surface area (Å²) in [4.78, 5) is 28.0. The van der Waals surface area contributed by atoms with Gasteiger partial charge in [0.2, 0.25) is 6.36 Å². The van der Waals surface area contributed by atoms with E-state index < -0.39 is 58.8 Å². The number of carbonyl (C=O) groups is 2. The molecule has 3 aromatic rings. The van der Waals surface area contributed by atoms with Crippen LogP contribution in [-0.2, 0) is 5.67 Å². The Morgan fingerprint density at radius 2 is 1.55 bits per heavy atom. The molecule has 1 N–H and O–H groups in total. The SMILES string of the molecule is CCN(C(=O)c1ccccc1Cl)c1cccc(C(=O)Nc2c(C)cc(C(F)(C(F)(F)F)C(F)(F)F)cc2OC(C)F)c1OC. The lowest BCUT2D eigenvalue weighted by molar-refractivity contribution is -0.348. The fraction of sp³-hybridized carbons (Fsp3) is 0.310. The molecule has 3 rings (SSSR count). The summed E-state index contributed by atoms with van der Waals surface area (Å²) in [7, 11) is 1.19. The first-order valence-corrected chi connectivity index (χ1v) is 13.1. The number of halogens is 9. The van der Waals surface area contributed by atoms with E-state index in [1.54, 1.807) is 19.1 Å². The lowest BCUT2D eigenvalue weighted by Crippen LogP contribution is -2.50. The molecule has 0 radical (unpaired) electrons. The number of aryl methyl sites for hydroxylation is 1. The van der Waals surface area contributed by atoms with Gasteiger partial charge in [0.1, 0.15) is 5.75 Å². The third kappa shape index (κ3) is 6.54. The number of methoxy groups -OCH3 is 1. The maximum absolute atomic E-state index is 14.8. The largest absolute Gasteiger partial charge is 0.494 e. The van der Waals surface area contributed by atoms with Gasteiger partial charge in [-0.2, -0.15) is 26.3 Å². The maximum atomic E-state index is 14.8. The fourth-order valence-corrected chi connectivity index (χ4v) is 4.60. The van der Waals surface area contributed by atoms with Gasteiger partial charge in [0.05, 0.1) is 34.6 Å². The smallest absolute Gasteiger partial charge is 0.435 e. The number of alkyl halides is 8. The summed E-state index contributed by atoms with van der Waals surface area (Å²) >= 11 is 6.18. The van der Waals surface area contributed by atoms with Gasteiger partial charge in [-0.15, -0.1) is 0 Å². The fourth-order valence-electron chi connectivity index (χ4n) is 4.38. The molecule has 2 amide bonds. The number of hydrogen-bond donors (Lipinski definition) is 1. The van der Waals surface area contributed by atoms with Crippen molar-refractivity contribution < 1.29 is 54.2 Å². The zero-order valence-electron chi connectivity index (χ0n) is 23.5. The Morgan fingerprint density at radius 3 is 2.07 bits per heavy atom. The van der Waals surface area contributed by atoms with Crippen molar-refractivity contribution in [3.8, 4) is 11.5 Å². The van der Waals surface area contributed by atoms with Gasteiger partial charge in [0, 0.05) is 19.0 Å². The van der Waals surface area contributed by atoms with Gasteiger partial charge in [-0.1, -0.05) is 29.8 Å². The van der Waals surface area contributed by atoms with Crippen molar-refractivity contribution in [2.75, 3.05) is 23.9 Å². The number of rotatable bonds is 9. The van der Waals surface area contributed by atoms with Gasteiger partial charge < -0.3 is 19.7 Å². The van der Waals surface area contributed by atoms with Gasteiger partial charge in [0.15, 0.2) is 5.75 Å². The first-order valence-electron chi connectivity index (χ1n) is 12.7. The van der Waals surface area contributed by atoms with Gasteiger partial charge >= 0.3 is 18.0 Å². The third-order valence-corrected chi connectivity index (χ3v) is 6.74. The van der Waals surface area contributed by atoms with Crippen molar-refractivity contribution in [2.24, 2.45) is 0 Å². The van der Waals surface area contributed by atoms with Crippen LogP contribution < -0.4 is 19.7 Å². The number of amides is 2. The number of anilines is 2. The summed E-state index contributed by atoms with van der Waals surface area (Å²) in [6.45, 7) is 3.46. The van der Waals surface area contributed by atoms with Crippen LogP contribution >= 0.6 is 11.6 Å². The quantitative estimate of drug-likeness (QED) is 0.235. The molecule has 0 bridgehead atoms. The van der Waals surface area contributed by atoms with Crippen molar-refractivity contribution in [3.05, 3.63) is 81.9 Å². The molecular weight excluding hydrogens is 628 g/mol. The molecule has 0 saturated carbocycles. The highest BCUT2D eigenvalue weighted by atomic mass is 35.5. The molecule has 238 valence electrons. The highest BCUT2D eigenvalue weighted by Crippen LogP contribution is 2.54. The van der Waals surface area contributed by atoms with Crippen LogP contribution in [0.15, 0.2) is 54.6 Å². The van der Waals surface area contributed by atoms with E-state index in [1.165, 1.54) is 42.3 Å². The minimum atomic E-state index is -6.44. The van der Waals surface area contributed by atoms with Crippen LogP contribution in [0.5, 0.6) is 11.5 Å². The number of nitrogens with one attached hydrogen (secondary N) is 1. The summed E-state index contributed by atoms with van der Waals surface area (Å²) in [5, 5.41) is 2.42. The lowest BCUT2D eigenvalue weighted by atomic mass is 9.91. The Kier molecular flexibility index (Phi) is 10.1. The van der Waals surface area contributed by atoms with Crippen LogP contribution in [-0.4, -0.2) is 44.2 Å². The van der Waals surface area contributed by atoms with Gasteiger partial charge in [-0.3, -0.25) is 9.59 Å². The predicted molar refractivity (Wildman–Crippen MR) is 147 cm³/mol. The second kappa shape index (κ2) is 12.9. The molecular formula is C29H25ClF8N2O4. The summed E-state index contributed by atoms with van der Waals surface area (Å²) in [6.07, 6.45) is -15.2. The molecule has 0 aliphatic rings. The molecule has 0 heterocycles.